The van der Waals surface area contributed by atoms with Crippen LogP contribution in [-0.2, 0) is 0 Å². The van der Waals surface area contributed by atoms with E-state index in [2.05, 4.69) is 130 Å². The molecular formula is C33H34N2. The van der Waals surface area contributed by atoms with Crippen molar-refractivity contribution in [2.75, 3.05) is 5.43 Å². The molecule has 4 aromatic carbocycles. The largest absolute Gasteiger partial charge is 0.278 e. The zero-order valence-corrected chi connectivity index (χ0v) is 21.1. The Kier molecular flexibility index (Phi) is 6.55. The van der Waals surface area contributed by atoms with Crippen LogP contribution in [0, 0.1) is 0 Å². The zero-order valence-electron chi connectivity index (χ0n) is 21.1. The highest BCUT2D eigenvalue weighted by Crippen LogP contribution is 2.46. The van der Waals surface area contributed by atoms with Crippen molar-refractivity contribution in [1.29, 1.82) is 0 Å². The number of fused-ring (bicyclic) bond motifs is 3. The van der Waals surface area contributed by atoms with Crippen molar-refractivity contribution in [1.82, 2.24) is 0 Å². The highest BCUT2D eigenvalue weighted by molar-refractivity contribution is 6.02. The van der Waals surface area contributed by atoms with Crippen LogP contribution in [0.2, 0.25) is 0 Å². The van der Waals surface area contributed by atoms with Crippen LogP contribution < -0.4 is 5.43 Å². The van der Waals surface area contributed by atoms with E-state index in [0.29, 0.717) is 11.8 Å². The monoisotopic (exact) mass is 458 g/mol. The van der Waals surface area contributed by atoms with Gasteiger partial charge in [0, 0.05) is 12.3 Å². The predicted molar refractivity (Wildman–Crippen MR) is 150 cm³/mol. The summed E-state index contributed by atoms with van der Waals surface area (Å²) in [6.45, 7) is 9.00. The Morgan fingerprint density at radius 1 is 0.657 bits per heavy atom. The quantitative estimate of drug-likeness (QED) is 0.217. The van der Waals surface area contributed by atoms with Gasteiger partial charge in [0.25, 0.3) is 0 Å². The molecule has 0 radical (unpaired) electrons. The topological polar surface area (TPSA) is 24.4 Å². The minimum atomic E-state index is 0.285. The van der Waals surface area contributed by atoms with Gasteiger partial charge in [-0.25, -0.2) is 0 Å². The molecule has 1 N–H and O–H groups in total. The number of hydrogen-bond donors (Lipinski definition) is 1. The fraction of sp³-hybridized carbons (Fsp3) is 0.242. The van der Waals surface area contributed by atoms with Crippen LogP contribution in [0.15, 0.2) is 102 Å². The Morgan fingerprint density at radius 3 is 1.71 bits per heavy atom. The van der Waals surface area contributed by atoms with Crippen LogP contribution >= 0.6 is 0 Å². The summed E-state index contributed by atoms with van der Waals surface area (Å²) in [5.41, 5.74) is 15.0. The molecule has 5 rings (SSSR count). The molecule has 0 heterocycles. The maximum atomic E-state index is 5.13. The second-order valence-electron chi connectivity index (χ2n) is 10.1. The van der Waals surface area contributed by atoms with E-state index in [1.54, 1.807) is 0 Å². The molecule has 0 atom stereocenters. The summed E-state index contributed by atoms with van der Waals surface area (Å²) >= 11 is 0. The number of rotatable bonds is 7. The van der Waals surface area contributed by atoms with E-state index in [1.807, 2.05) is 0 Å². The smallest absolute Gasteiger partial charge is 0.0688 e. The summed E-state index contributed by atoms with van der Waals surface area (Å²) in [4.78, 5) is 0. The van der Waals surface area contributed by atoms with Gasteiger partial charge >= 0.3 is 0 Å². The van der Waals surface area contributed by atoms with Crippen LogP contribution in [0.5, 0.6) is 0 Å². The Hall–Kier alpha value is -3.65. The van der Waals surface area contributed by atoms with E-state index in [4.69, 9.17) is 5.10 Å². The van der Waals surface area contributed by atoms with Crippen molar-refractivity contribution in [3.63, 3.8) is 0 Å². The van der Waals surface area contributed by atoms with Gasteiger partial charge in [0.2, 0.25) is 0 Å². The van der Waals surface area contributed by atoms with Crippen LogP contribution in [0.3, 0.4) is 0 Å². The third-order valence-corrected chi connectivity index (χ3v) is 7.14. The number of nitrogens with zero attached hydrogens (tertiary/aromatic N) is 1. The molecule has 2 heteroatoms. The Bertz CT molecular complexity index is 1280. The van der Waals surface area contributed by atoms with Gasteiger partial charge in [-0.2, -0.15) is 5.10 Å². The lowest BCUT2D eigenvalue weighted by atomic mass is 9.89. The van der Waals surface area contributed by atoms with Crippen molar-refractivity contribution in [2.24, 2.45) is 5.10 Å². The van der Waals surface area contributed by atoms with Crippen LogP contribution in [-0.4, -0.2) is 5.71 Å². The first-order valence-corrected chi connectivity index (χ1v) is 12.7. The molecular weight excluding hydrogens is 424 g/mol. The van der Waals surface area contributed by atoms with Gasteiger partial charge in [0.1, 0.15) is 0 Å². The predicted octanol–water partition coefficient (Wildman–Crippen LogP) is 8.95. The van der Waals surface area contributed by atoms with E-state index < -0.39 is 0 Å². The lowest BCUT2D eigenvalue weighted by Crippen LogP contribution is -2.12. The van der Waals surface area contributed by atoms with E-state index in [9.17, 15) is 0 Å². The van der Waals surface area contributed by atoms with Gasteiger partial charge < -0.3 is 0 Å². The van der Waals surface area contributed by atoms with Crippen LogP contribution in [0.25, 0.3) is 11.1 Å². The Labute approximate surface area is 209 Å². The first kappa shape index (κ1) is 23.1. The Morgan fingerprint density at radius 2 is 1.17 bits per heavy atom. The molecule has 0 fully saturated rings. The van der Waals surface area contributed by atoms with Crippen LogP contribution in [0.1, 0.15) is 79.7 Å². The molecule has 1 aliphatic rings. The molecule has 0 bridgehead atoms. The number of para-hydroxylation sites is 1. The Balaban J connectivity index is 1.58. The maximum Gasteiger partial charge on any atom is 0.0688 e. The SMILES string of the molecule is CC(C)c1cccc(C(C)C)c1NN=C(CC1c2ccccc2-c2ccccc21)c1ccccc1. The first-order valence-electron chi connectivity index (χ1n) is 12.7. The molecule has 2 nitrogen and oxygen atoms in total. The number of anilines is 1. The average molecular weight is 459 g/mol. The van der Waals surface area contributed by atoms with E-state index in [-0.39, 0.29) is 5.92 Å². The zero-order chi connectivity index (χ0) is 24.4. The minimum absolute atomic E-state index is 0.285. The summed E-state index contributed by atoms with van der Waals surface area (Å²) in [7, 11) is 0. The number of hydrogen-bond acceptors (Lipinski definition) is 2. The highest BCUT2D eigenvalue weighted by Gasteiger charge is 2.29. The third-order valence-electron chi connectivity index (χ3n) is 7.14. The molecule has 4 aromatic rings. The minimum Gasteiger partial charge on any atom is -0.278 e. The van der Waals surface area contributed by atoms with Gasteiger partial charge in [0.05, 0.1) is 11.4 Å². The first-order chi connectivity index (χ1) is 17.0. The van der Waals surface area contributed by atoms with E-state index >= 15 is 0 Å². The van der Waals surface area contributed by atoms with E-state index in [1.165, 1.54) is 33.4 Å². The molecule has 1 aliphatic carbocycles. The second kappa shape index (κ2) is 9.92. The maximum absolute atomic E-state index is 5.13. The summed E-state index contributed by atoms with van der Waals surface area (Å²) in [6.07, 6.45) is 0.839. The van der Waals surface area contributed by atoms with Crippen molar-refractivity contribution in [3.8, 4) is 11.1 Å². The molecule has 0 aliphatic heterocycles. The molecule has 0 spiro atoms. The van der Waals surface area contributed by atoms with Gasteiger partial charge in [-0.3, -0.25) is 5.43 Å². The molecule has 176 valence electrons. The van der Waals surface area contributed by atoms with Gasteiger partial charge in [-0.1, -0.05) is 125 Å². The number of hydrazone groups is 1. The molecule has 0 amide bonds. The number of benzene rings is 4. The molecule has 35 heavy (non-hydrogen) atoms. The summed E-state index contributed by atoms with van der Waals surface area (Å²) < 4.78 is 0. The van der Waals surface area contributed by atoms with Crippen molar-refractivity contribution >= 4 is 11.4 Å². The fourth-order valence-electron chi connectivity index (χ4n) is 5.34. The molecule has 0 aromatic heterocycles. The van der Waals surface area contributed by atoms with Crippen molar-refractivity contribution < 1.29 is 0 Å². The summed E-state index contributed by atoms with van der Waals surface area (Å²) in [5, 5.41) is 5.13. The van der Waals surface area contributed by atoms with Crippen LogP contribution in [0.4, 0.5) is 5.69 Å². The lowest BCUT2D eigenvalue weighted by Gasteiger charge is -2.20. The second-order valence-corrected chi connectivity index (χ2v) is 10.1. The molecule has 0 saturated heterocycles. The van der Waals surface area contributed by atoms with E-state index in [0.717, 1.165) is 23.4 Å². The summed E-state index contributed by atoms with van der Waals surface area (Å²) in [5.74, 6) is 1.12. The summed E-state index contributed by atoms with van der Waals surface area (Å²) in [6, 6.07) is 34.9. The number of nitrogens with one attached hydrogen (secondary N) is 1. The lowest BCUT2D eigenvalue weighted by molar-refractivity contribution is 0.834. The molecule has 0 saturated carbocycles. The standard InChI is InChI=1S/C33H34N2/c1-22(2)25-19-12-20-26(23(3)4)33(25)35-34-32(24-13-6-5-7-14-24)21-31-29-17-10-8-15-27(29)28-16-9-11-18-30(28)31/h5-20,22-23,31,35H,21H2,1-4H3. The average Bonchev–Trinajstić information content (AvgIpc) is 3.20. The fourth-order valence-corrected chi connectivity index (χ4v) is 5.34. The third kappa shape index (κ3) is 4.53. The normalized spacial score (nSPS) is 13.3. The highest BCUT2D eigenvalue weighted by atomic mass is 15.3. The molecule has 0 unspecified atom stereocenters. The van der Waals surface area contributed by atoms with Crippen molar-refractivity contribution in [3.05, 3.63) is 125 Å². The van der Waals surface area contributed by atoms with Gasteiger partial charge in [-0.05, 0) is 50.8 Å². The van der Waals surface area contributed by atoms with Gasteiger partial charge in [-0.15, -0.1) is 0 Å². The van der Waals surface area contributed by atoms with Gasteiger partial charge in [0.15, 0.2) is 0 Å². The van der Waals surface area contributed by atoms with Crippen molar-refractivity contribution in [2.45, 2.75) is 51.9 Å².